The highest BCUT2D eigenvalue weighted by Gasteiger charge is 2.31. The molecule has 0 N–H and O–H groups in total. The zero-order valence-corrected chi connectivity index (χ0v) is 16.2. The lowest BCUT2D eigenvalue weighted by Crippen LogP contribution is -2.44. The maximum atomic E-state index is 13.3. The van der Waals surface area contributed by atoms with Crippen LogP contribution in [0.1, 0.15) is 18.4 Å². The van der Waals surface area contributed by atoms with E-state index < -0.39 is 15.8 Å². The molecule has 1 atom stereocenters. The molecule has 0 radical (unpaired) electrons. The first-order valence-electron chi connectivity index (χ1n) is 8.72. The number of rotatable bonds is 6. The Hall–Kier alpha value is -2.26. The number of piperidine rings is 1. The lowest BCUT2D eigenvalue weighted by molar-refractivity contribution is 0.124. The molecular formula is C18H23FN4O3S. The Kier molecular flexibility index (Phi) is 5.91. The zero-order valence-electron chi connectivity index (χ0n) is 15.4. The quantitative estimate of drug-likeness (QED) is 0.747. The molecule has 0 saturated carbocycles. The molecule has 1 fully saturated rings. The molecule has 27 heavy (non-hydrogen) atoms. The first kappa shape index (κ1) is 19.5. The van der Waals surface area contributed by atoms with Crippen molar-refractivity contribution in [2.24, 2.45) is 0 Å². The van der Waals surface area contributed by atoms with Crippen LogP contribution in [0.15, 0.2) is 36.7 Å². The maximum absolute atomic E-state index is 13.3. The third-order valence-electron chi connectivity index (χ3n) is 4.32. The van der Waals surface area contributed by atoms with Gasteiger partial charge in [0.05, 0.1) is 12.3 Å². The number of halogens is 1. The largest absolute Gasteiger partial charge is 0.470 e. The van der Waals surface area contributed by atoms with Gasteiger partial charge in [0.1, 0.15) is 11.9 Å². The summed E-state index contributed by atoms with van der Waals surface area (Å²) in [5.74, 6) is 0.307. The maximum Gasteiger partial charge on any atom is 0.257 e. The topological polar surface area (TPSA) is 75.6 Å². The Bertz CT molecular complexity index is 892. The smallest absolute Gasteiger partial charge is 0.257 e. The summed E-state index contributed by atoms with van der Waals surface area (Å²) in [4.78, 5) is 10.3. The molecule has 0 bridgehead atoms. The van der Waals surface area contributed by atoms with Gasteiger partial charge in [0, 0.05) is 33.0 Å². The SMILES string of the molecule is CN(C)c1nccnc1OC1CCCN(S(=O)(=O)Cc2cccc(F)c2)C1. The van der Waals surface area contributed by atoms with Crippen molar-refractivity contribution in [1.29, 1.82) is 0 Å². The summed E-state index contributed by atoms with van der Waals surface area (Å²) in [5, 5.41) is 0. The number of nitrogens with zero attached hydrogens (tertiary/aromatic N) is 4. The van der Waals surface area contributed by atoms with Crippen LogP contribution in [0, 0.1) is 5.82 Å². The first-order chi connectivity index (χ1) is 12.8. The van der Waals surface area contributed by atoms with Crippen molar-refractivity contribution in [3.05, 3.63) is 48.0 Å². The van der Waals surface area contributed by atoms with Crippen LogP contribution in [0.3, 0.4) is 0 Å². The summed E-state index contributed by atoms with van der Waals surface area (Å²) in [6.45, 7) is 0.666. The fourth-order valence-corrected chi connectivity index (χ4v) is 4.63. The number of hydrogen-bond acceptors (Lipinski definition) is 6. The normalized spacial score (nSPS) is 18.3. The lowest BCUT2D eigenvalue weighted by Gasteiger charge is -2.32. The second-order valence-electron chi connectivity index (χ2n) is 6.71. The second-order valence-corrected chi connectivity index (χ2v) is 8.67. The van der Waals surface area contributed by atoms with E-state index in [1.165, 1.54) is 22.5 Å². The minimum atomic E-state index is -3.56. The van der Waals surface area contributed by atoms with E-state index in [4.69, 9.17) is 4.74 Å². The average molecular weight is 394 g/mol. The molecule has 7 nitrogen and oxygen atoms in total. The zero-order chi connectivity index (χ0) is 19.4. The number of ether oxygens (including phenoxy) is 1. The van der Waals surface area contributed by atoms with Crippen LogP contribution in [0.25, 0.3) is 0 Å². The molecule has 0 aliphatic carbocycles. The van der Waals surface area contributed by atoms with Crippen LogP contribution in [-0.2, 0) is 15.8 Å². The van der Waals surface area contributed by atoms with E-state index in [0.29, 0.717) is 30.2 Å². The van der Waals surface area contributed by atoms with Crippen molar-refractivity contribution in [2.45, 2.75) is 24.7 Å². The predicted octanol–water partition coefficient (Wildman–Crippen LogP) is 2.05. The average Bonchev–Trinajstić information content (AvgIpc) is 2.62. The van der Waals surface area contributed by atoms with Crippen molar-refractivity contribution in [3.63, 3.8) is 0 Å². The van der Waals surface area contributed by atoms with E-state index in [1.54, 1.807) is 23.4 Å². The van der Waals surface area contributed by atoms with E-state index in [9.17, 15) is 12.8 Å². The highest BCUT2D eigenvalue weighted by molar-refractivity contribution is 7.88. The highest BCUT2D eigenvalue weighted by Crippen LogP contribution is 2.25. The number of benzene rings is 1. The molecule has 3 rings (SSSR count). The second kappa shape index (κ2) is 8.18. The molecule has 9 heteroatoms. The van der Waals surface area contributed by atoms with Gasteiger partial charge in [-0.05, 0) is 30.5 Å². The van der Waals surface area contributed by atoms with E-state index in [1.807, 2.05) is 14.1 Å². The van der Waals surface area contributed by atoms with Gasteiger partial charge >= 0.3 is 0 Å². The number of anilines is 1. The highest BCUT2D eigenvalue weighted by atomic mass is 32.2. The summed E-state index contributed by atoms with van der Waals surface area (Å²) in [5.41, 5.74) is 0.432. The molecule has 1 aromatic carbocycles. The molecule has 1 unspecified atom stereocenters. The standard InChI is InChI=1S/C18H23FN4O3S/c1-22(2)17-18(21-9-8-20-17)26-16-7-4-10-23(12-16)27(24,25)13-14-5-3-6-15(19)11-14/h3,5-6,8-9,11,16H,4,7,10,12-13H2,1-2H3. The van der Waals surface area contributed by atoms with Crippen LogP contribution in [0.5, 0.6) is 5.88 Å². The van der Waals surface area contributed by atoms with Gasteiger partial charge in [0.15, 0.2) is 5.82 Å². The number of sulfonamides is 1. The Morgan fingerprint density at radius 3 is 2.81 bits per heavy atom. The van der Waals surface area contributed by atoms with Crippen molar-refractivity contribution in [3.8, 4) is 5.88 Å². The van der Waals surface area contributed by atoms with E-state index in [2.05, 4.69) is 9.97 Å². The summed E-state index contributed by atoms with van der Waals surface area (Å²) >= 11 is 0. The van der Waals surface area contributed by atoms with E-state index in [0.717, 1.165) is 6.42 Å². The molecule has 1 aliphatic heterocycles. The predicted molar refractivity (Wildman–Crippen MR) is 101 cm³/mol. The molecule has 2 aromatic rings. The van der Waals surface area contributed by atoms with Gasteiger partial charge in [-0.3, -0.25) is 0 Å². The van der Waals surface area contributed by atoms with Crippen molar-refractivity contribution >= 4 is 15.8 Å². The summed E-state index contributed by atoms with van der Waals surface area (Å²) < 4.78 is 46.2. The fourth-order valence-electron chi connectivity index (χ4n) is 3.05. The first-order valence-corrected chi connectivity index (χ1v) is 10.3. The Labute approximate surface area is 158 Å². The van der Waals surface area contributed by atoms with Gasteiger partial charge in [-0.2, -0.15) is 4.31 Å². The van der Waals surface area contributed by atoms with Crippen LogP contribution in [0.4, 0.5) is 10.2 Å². The molecule has 0 amide bonds. The van der Waals surface area contributed by atoms with Gasteiger partial charge in [-0.25, -0.2) is 22.8 Å². The molecule has 146 valence electrons. The van der Waals surface area contributed by atoms with Crippen LogP contribution in [-0.4, -0.2) is 56.0 Å². The van der Waals surface area contributed by atoms with Gasteiger partial charge in [0.2, 0.25) is 10.0 Å². The molecule has 0 spiro atoms. The number of aromatic nitrogens is 2. The minimum absolute atomic E-state index is 0.231. The monoisotopic (exact) mass is 394 g/mol. The third-order valence-corrected chi connectivity index (χ3v) is 6.14. The third kappa shape index (κ3) is 4.92. The Morgan fingerprint density at radius 1 is 1.30 bits per heavy atom. The van der Waals surface area contributed by atoms with E-state index >= 15 is 0 Å². The van der Waals surface area contributed by atoms with Gasteiger partial charge in [-0.15, -0.1) is 0 Å². The number of hydrogen-bond donors (Lipinski definition) is 0. The summed E-state index contributed by atoms with van der Waals surface area (Å²) in [7, 11) is 0.117. The Balaban J connectivity index is 1.70. The van der Waals surface area contributed by atoms with Crippen molar-refractivity contribution < 1.29 is 17.5 Å². The molecule has 1 aromatic heterocycles. The van der Waals surface area contributed by atoms with Crippen molar-refractivity contribution in [2.75, 3.05) is 32.1 Å². The van der Waals surface area contributed by atoms with Crippen LogP contribution < -0.4 is 9.64 Å². The molecule has 1 aliphatic rings. The molecule has 2 heterocycles. The van der Waals surface area contributed by atoms with Crippen LogP contribution >= 0.6 is 0 Å². The van der Waals surface area contributed by atoms with Crippen molar-refractivity contribution in [1.82, 2.24) is 14.3 Å². The molecular weight excluding hydrogens is 371 g/mol. The van der Waals surface area contributed by atoms with Gasteiger partial charge < -0.3 is 9.64 Å². The van der Waals surface area contributed by atoms with E-state index in [-0.39, 0.29) is 18.4 Å². The fraction of sp³-hybridized carbons (Fsp3) is 0.444. The van der Waals surface area contributed by atoms with Gasteiger partial charge in [0.25, 0.3) is 5.88 Å². The summed E-state index contributed by atoms with van der Waals surface area (Å²) in [6.07, 6.45) is 4.24. The lowest BCUT2D eigenvalue weighted by atomic mass is 10.1. The van der Waals surface area contributed by atoms with Gasteiger partial charge in [-0.1, -0.05) is 12.1 Å². The van der Waals surface area contributed by atoms with Crippen LogP contribution in [0.2, 0.25) is 0 Å². The summed E-state index contributed by atoms with van der Waals surface area (Å²) in [6, 6.07) is 5.67. The molecule has 1 saturated heterocycles. The minimum Gasteiger partial charge on any atom is -0.470 e. The Morgan fingerprint density at radius 2 is 2.07 bits per heavy atom.